The van der Waals surface area contributed by atoms with Crippen LogP contribution in [0.2, 0.25) is 0 Å². The number of ether oxygens (including phenoxy) is 1. The number of halogens is 1. The fraction of sp³-hybridized carbons (Fsp3) is 0.500. The van der Waals surface area contributed by atoms with E-state index in [1.54, 1.807) is 12.1 Å². The highest BCUT2D eigenvalue weighted by Gasteiger charge is 2.21. The van der Waals surface area contributed by atoms with E-state index in [9.17, 15) is 0 Å². The second kappa shape index (κ2) is 5.44. The van der Waals surface area contributed by atoms with Gasteiger partial charge in [0.15, 0.2) is 10.4 Å². The Balaban J connectivity index is 1.71. The fourth-order valence-corrected chi connectivity index (χ4v) is 2.32. The van der Waals surface area contributed by atoms with Crippen LogP contribution in [0.5, 0.6) is 0 Å². The van der Waals surface area contributed by atoms with Crippen LogP contribution in [0, 0.1) is 0 Å². The van der Waals surface area contributed by atoms with Gasteiger partial charge in [0.25, 0.3) is 5.89 Å². The Morgan fingerprint density at radius 2 is 2.26 bits per heavy atom. The van der Waals surface area contributed by atoms with Crippen molar-refractivity contribution in [3.8, 4) is 11.7 Å². The van der Waals surface area contributed by atoms with Gasteiger partial charge in [-0.1, -0.05) is 0 Å². The lowest BCUT2D eigenvalue weighted by Crippen LogP contribution is -2.42. The van der Waals surface area contributed by atoms with Crippen LogP contribution in [0.15, 0.2) is 25.6 Å². The molecule has 19 heavy (non-hydrogen) atoms. The summed E-state index contributed by atoms with van der Waals surface area (Å²) < 4.78 is 17.0. The van der Waals surface area contributed by atoms with E-state index in [0.717, 1.165) is 19.8 Å². The van der Waals surface area contributed by atoms with Crippen LogP contribution in [0.1, 0.15) is 12.8 Å². The molecule has 1 aliphatic heterocycles. The molecule has 0 aromatic carbocycles. The highest BCUT2D eigenvalue weighted by Crippen LogP contribution is 2.24. The zero-order valence-electron chi connectivity index (χ0n) is 10.5. The van der Waals surface area contributed by atoms with Crippen molar-refractivity contribution in [1.29, 1.82) is 0 Å². The summed E-state index contributed by atoms with van der Waals surface area (Å²) in [6.07, 6.45) is 0. The van der Waals surface area contributed by atoms with Crippen molar-refractivity contribution in [3.63, 3.8) is 0 Å². The third-order valence-electron chi connectivity index (χ3n) is 3.09. The van der Waals surface area contributed by atoms with Gasteiger partial charge in [0, 0.05) is 12.6 Å². The number of morpholine rings is 1. The van der Waals surface area contributed by atoms with Crippen molar-refractivity contribution in [2.24, 2.45) is 0 Å². The maximum Gasteiger partial charge on any atom is 0.283 e. The van der Waals surface area contributed by atoms with E-state index < -0.39 is 0 Å². The molecule has 1 atom stereocenters. The molecule has 0 amide bonds. The molecule has 3 rings (SSSR count). The number of rotatable bonds is 3. The lowest BCUT2D eigenvalue weighted by atomic mass is 10.2. The van der Waals surface area contributed by atoms with Crippen LogP contribution in [0.3, 0.4) is 0 Å². The number of nitrogens with zero attached hydrogens (tertiary/aromatic N) is 3. The maximum absolute atomic E-state index is 5.61. The van der Waals surface area contributed by atoms with Gasteiger partial charge in [-0.3, -0.25) is 4.90 Å². The summed E-state index contributed by atoms with van der Waals surface area (Å²) in [6.45, 7) is 5.13. The minimum absolute atomic E-state index is 0.363. The second-order valence-electron chi connectivity index (χ2n) is 4.50. The highest BCUT2D eigenvalue weighted by molar-refractivity contribution is 9.10. The van der Waals surface area contributed by atoms with Gasteiger partial charge in [0.1, 0.15) is 0 Å². The molecule has 1 saturated heterocycles. The van der Waals surface area contributed by atoms with E-state index in [2.05, 4.69) is 38.0 Å². The van der Waals surface area contributed by atoms with E-state index in [1.807, 2.05) is 0 Å². The lowest BCUT2D eigenvalue weighted by molar-refractivity contribution is -0.00779. The number of hydrogen-bond acceptors (Lipinski definition) is 6. The molecule has 6 nitrogen and oxygen atoms in total. The summed E-state index contributed by atoms with van der Waals surface area (Å²) in [5.74, 6) is 1.57. The number of hydrogen-bond donors (Lipinski definition) is 0. The zero-order valence-corrected chi connectivity index (χ0v) is 12.1. The molecule has 0 unspecified atom stereocenters. The number of furan rings is 1. The molecule has 2 aromatic rings. The summed E-state index contributed by atoms with van der Waals surface area (Å²) in [5, 5.41) is 8.06. The Bertz CT molecular complexity index is 554. The summed E-state index contributed by atoms with van der Waals surface area (Å²) in [6, 6.07) is 3.95. The molecular weight excluding hydrogens is 314 g/mol. The SMILES string of the molecule is C[C@H]1COCCN1Cc1nnc(-c2ccc(Br)o2)o1. The van der Waals surface area contributed by atoms with Crippen LogP contribution >= 0.6 is 15.9 Å². The first-order valence-electron chi connectivity index (χ1n) is 6.12. The van der Waals surface area contributed by atoms with Gasteiger partial charge in [0.2, 0.25) is 5.89 Å². The quantitative estimate of drug-likeness (QED) is 0.861. The summed E-state index contributed by atoms with van der Waals surface area (Å²) in [7, 11) is 0. The highest BCUT2D eigenvalue weighted by atomic mass is 79.9. The molecular formula is C12H14BrN3O3. The van der Waals surface area contributed by atoms with Crippen molar-refractivity contribution >= 4 is 15.9 Å². The molecule has 0 saturated carbocycles. The van der Waals surface area contributed by atoms with Crippen LogP contribution < -0.4 is 0 Å². The summed E-state index contributed by atoms with van der Waals surface area (Å²) >= 11 is 3.25. The van der Waals surface area contributed by atoms with E-state index in [1.165, 1.54) is 0 Å². The van der Waals surface area contributed by atoms with Crippen LogP contribution in [-0.2, 0) is 11.3 Å². The molecule has 7 heteroatoms. The van der Waals surface area contributed by atoms with E-state index >= 15 is 0 Å². The topological polar surface area (TPSA) is 64.5 Å². The lowest BCUT2D eigenvalue weighted by Gasteiger charge is -2.31. The van der Waals surface area contributed by atoms with Crippen LogP contribution in [0.25, 0.3) is 11.7 Å². The normalized spacial score (nSPS) is 20.8. The van der Waals surface area contributed by atoms with Gasteiger partial charge in [-0.15, -0.1) is 10.2 Å². The molecule has 0 spiro atoms. The van der Waals surface area contributed by atoms with Gasteiger partial charge in [-0.05, 0) is 35.0 Å². The van der Waals surface area contributed by atoms with Crippen LogP contribution in [-0.4, -0.2) is 40.9 Å². The molecule has 1 fully saturated rings. The molecule has 0 radical (unpaired) electrons. The Labute approximate surface area is 118 Å². The average molecular weight is 328 g/mol. The molecule has 1 aliphatic rings. The minimum Gasteiger partial charge on any atom is -0.444 e. The molecule has 102 valence electrons. The molecule has 0 bridgehead atoms. The summed E-state index contributed by atoms with van der Waals surface area (Å²) in [5.41, 5.74) is 0. The van der Waals surface area contributed by atoms with Gasteiger partial charge < -0.3 is 13.6 Å². The first-order valence-corrected chi connectivity index (χ1v) is 6.91. The van der Waals surface area contributed by atoms with Crippen molar-refractivity contribution in [2.45, 2.75) is 19.5 Å². The first-order chi connectivity index (χ1) is 9.22. The predicted octanol–water partition coefficient (Wildman–Crippen LogP) is 2.31. The van der Waals surface area contributed by atoms with Crippen LogP contribution in [0.4, 0.5) is 0 Å². The van der Waals surface area contributed by atoms with Crippen molar-refractivity contribution in [3.05, 3.63) is 22.7 Å². The van der Waals surface area contributed by atoms with Gasteiger partial charge in [-0.25, -0.2) is 0 Å². The van der Waals surface area contributed by atoms with Crippen molar-refractivity contribution in [1.82, 2.24) is 15.1 Å². The van der Waals surface area contributed by atoms with E-state index in [4.69, 9.17) is 13.6 Å². The monoisotopic (exact) mass is 327 g/mol. The largest absolute Gasteiger partial charge is 0.444 e. The Morgan fingerprint density at radius 3 is 3.00 bits per heavy atom. The van der Waals surface area contributed by atoms with Crippen molar-refractivity contribution < 1.29 is 13.6 Å². The van der Waals surface area contributed by atoms with E-state index in [-0.39, 0.29) is 0 Å². The van der Waals surface area contributed by atoms with Gasteiger partial charge in [-0.2, -0.15) is 0 Å². The summed E-state index contributed by atoms with van der Waals surface area (Å²) in [4.78, 5) is 2.26. The Hall–Kier alpha value is -1.18. The van der Waals surface area contributed by atoms with Gasteiger partial charge >= 0.3 is 0 Å². The predicted molar refractivity (Wildman–Crippen MR) is 70.4 cm³/mol. The standard InChI is InChI=1S/C12H14BrN3O3/c1-8-7-17-5-4-16(8)6-11-14-15-12(19-11)9-2-3-10(13)18-9/h2-3,8H,4-7H2,1H3/t8-/m0/s1. The molecule has 0 aliphatic carbocycles. The molecule has 3 heterocycles. The zero-order chi connectivity index (χ0) is 13.2. The van der Waals surface area contributed by atoms with Crippen molar-refractivity contribution in [2.75, 3.05) is 19.8 Å². The third kappa shape index (κ3) is 2.88. The van der Waals surface area contributed by atoms with E-state index in [0.29, 0.717) is 34.8 Å². The fourth-order valence-electron chi connectivity index (χ4n) is 2.02. The Kier molecular flexibility index (Phi) is 3.67. The first kappa shape index (κ1) is 12.8. The Morgan fingerprint density at radius 1 is 1.37 bits per heavy atom. The second-order valence-corrected chi connectivity index (χ2v) is 5.28. The maximum atomic E-state index is 5.61. The average Bonchev–Trinajstić information content (AvgIpc) is 3.01. The molecule has 2 aromatic heterocycles. The molecule has 0 N–H and O–H groups in total. The minimum atomic E-state index is 0.363. The smallest absolute Gasteiger partial charge is 0.283 e. The van der Waals surface area contributed by atoms with Gasteiger partial charge in [0.05, 0.1) is 19.8 Å². The number of aromatic nitrogens is 2. The third-order valence-corrected chi connectivity index (χ3v) is 3.52.